The van der Waals surface area contributed by atoms with E-state index in [0.717, 1.165) is 30.4 Å². The molecule has 0 saturated carbocycles. The Labute approximate surface area is 101 Å². The van der Waals surface area contributed by atoms with Gasteiger partial charge >= 0.3 is 0 Å². The van der Waals surface area contributed by atoms with Gasteiger partial charge in [-0.25, -0.2) is 0 Å². The van der Waals surface area contributed by atoms with Gasteiger partial charge in [0.15, 0.2) is 0 Å². The highest BCUT2D eigenvalue weighted by molar-refractivity contribution is 7.16. The first kappa shape index (κ1) is 13.0. The van der Waals surface area contributed by atoms with Crippen molar-refractivity contribution in [1.82, 2.24) is 10.6 Å². The fourth-order valence-electron chi connectivity index (χ4n) is 1.26. The van der Waals surface area contributed by atoms with Crippen molar-refractivity contribution in [2.75, 3.05) is 13.1 Å². The molecule has 1 aromatic heterocycles. The molecule has 1 aromatic rings. The van der Waals surface area contributed by atoms with Crippen molar-refractivity contribution in [3.8, 4) is 0 Å². The molecular formula is C11H19ClN2S. The molecule has 86 valence electrons. The average Bonchev–Trinajstić information content (AvgIpc) is 2.57. The van der Waals surface area contributed by atoms with Crippen LogP contribution in [-0.2, 0) is 6.54 Å². The Bertz CT molecular complexity index is 273. The first-order valence-electron chi connectivity index (χ1n) is 5.37. The van der Waals surface area contributed by atoms with E-state index in [1.807, 2.05) is 6.07 Å². The lowest BCUT2D eigenvalue weighted by Gasteiger charge is -2.07. The van der Waals surface area contributed by atoms with Gasteiger partial charge in [0.05, 0.1) is 4.34 Å². The number of hydrogen-bond donors (Lipinski definition) is 2. The molecule has 0 bridgehead atoms. The van der Waals surface area contributed by atoms with Gasteiger partial charge in [0.1, 0.15) is 0 Å². The quantitative estimate of drug-likeness (QED) is 0.723. The van der Waals surface area contributed by atoms with Crippen LogP contribution in [0.4, 0.5) is 0 Å². The predicted molar refractivity (Wildman–Crippen MR) is 68.8 cm³/mol. The molecule has 0 spiro atoms. The molecule has 1 rings (SSSR count). The number of halogens is 1. The smallest absolute Gasteiger partial charge is 0.0931 e. The molecule has 0 amide bonds. The topological polar surface area (TPSA) is 24.1 Å². The second-order valence-electron chi connectivity index (χ2n) is 3.84. The van der Waals surface area contributed by atoms with Crippen LogP contribution in [0.5, 0.6) is 0 Å². The molecule has 0 atom stereocenters. The zero-order valence-corrected chi connectivity index (χ0v) is 10.9. The summed E-state index contributed by atoms with van der Waals surface area (Å²) in [6, 6.07) is 4.61. The van der Waals surface area contributed by atoms with Crippen LogP contribution in [0.15, 0.2) is 12.1 Å². The van der Waals surface area contributed by atoms with Gasteiger partial charge in [-0.2, -0.15) is 0 Å². The number of thiophene rings is 1. The highest BCUT2D eigenvalue weighted by Crippen LogP contribution is 2.20. The molecule has 0 fully saturated rings. The van der Waals surface area contributed by atoms with Gasteiger partial charge in [-0.15, -0.1) is 11.3 Å². The number of rotatable bonds is 7. The molecule has 15 heavy (non-hydrogen) atoms. The Morgan fingerprint density at radius 2 is 2.13 bits per heavy atom. The third kappa shape index (κ3) is 6.15. The van der Waals surface area contributed by atoms with Gasteiger partial charge in [-0.1, -0.05) is 25.4 Å². The van der Waals surface area contributed by atoms with Crippen LogP contribution >= 0.6 is 22.9 Å². The van der Waals surface area contributed by atoms with Crippen molar-refractivity contribution in [3.05, 3.63) is 21.3 Å². The summed E-state index contributed by atoms with van der Waals surface area (Å²) in [5, 5.41) is 6.79. The van der Waals surface area contributed by atoms with Gasteiger partial charge in [-0.3, -0.25) is 0 Å². The predicted octanol–water partition coefficient (Wildman–Crippen LogP) is 2.88. The van der Waals surface area contributed by atoms with Gasteiger partial charge in [0.2, 0.25) is 0 Å². The van der Waals surface area contributed by atoms with Crippen LogP contribution in [0.1, 0.15) is 25.1 Å². The van der Waals surface area contributed by atoms with Crippen molar-refractivity contribution in [2.45, 2.75) is 32.9 Å². The van der Waals surface area contributed by atoms with E-state index in [1.54, 1.807) is 11.3 Å². The molecule has 2 nitrogen and oxygen atoms in total. The summed E-state index contributed by atoms with van der Waals surface area (Å²) in [5.74, 6) is 0. The average molecular weight is 247 g/mol. The molecule has 0 aromatic carbocycles. The molecule has 2 N–H and O–H groups in total. The zero-order chi connectivity index (χ0) is 11.1. The second-order valence-corrected chi connectivity index (χ2v) is 5.64. The van der Waals surface area contributed by atoms with Crippen LogP contribution in [0, 0.1) is 0 Å². The lowest BCUT2D eigenvalue weighted by Crippen LogP contribution is -2.26. The van der Waals surface area contributed by atoms with Gasteiger partial charge in [0.25, 0.3) is 0 Å². The SMILES string of the molecule is CC(C)NCCCNCc1ccc(Cl)s1. The summed E-state index contributed by atoms with van der Waals surface area (Å²) >= 11 is 7.48. The van der Waals surface area contributed by atoms with Crippen molar-refractivity contribution in [3.63, 3.8) is 0 Å². The van der Waals surface area contributed by atoms with E-state index in [0.29, 0.717) is 6.04 Å². The summed E-state index contributed by atoms with van der Waals surface area (Å²) in [7, 11) is 0. The molecule has 0 unspecified atom stereocenters. The van der Waals surface area contributed by atoms with Crippen LogP contribution in [0.2, 0.25) is 4.34 Å². The van der Waals surface area contributed by atoms with Crippen LogP contribution < -0.4 is 10.6 Å². The van der Waals surface area contributed by atoms with E-state index in [9.17, 15) is 0 Å². The van der Waals surface area contributed by atoms with Gasteiger partial charge < -0.3 is 10.6 Å². The summed E-state index contributed by atoms with van der Waals surface area (Å²) in [5.41, 5.74) is 0. The van der Waals surface area contributed by atoms with Crippen LogP contribution in [-0.4, -0.2) is 19.1 Å². The third-order valence-corrected chi connectivity index (χ3v) is 3.24. The fraction of sp³-hybridized carbons (Fsp3) is 0.636. The molecule has 0 radical (unpaired) electrons. The minimum atomic E-state index is 0.584. The maximum absolute atomic E-state index is 5.84. The largest absolute Gasteiger partial charge is 0.314 e. The van der Waals surface area contributed by atoms with E-state index < -0.39 is 0 Å². The van der Waals surface area contributed by atoms with Crippen molar-refractivity contribution >= 4 is 22.9 Å². The first-order valence-corrected chi connectivity index (χ1v) is 6.56. The van der Waals surface area contributed by atoms with E-state index in [1.165, 1.54) is 4.88 Å². The first-order chi connectivity index (χ1) is 7.18. The summed E-state index contributed by atoms with van der Waals surface area (Å²) < 4.78 is 0.869. The standard InChI is InChI=1S/C11H19ClN2S/c1-9(2)14-7-3-6-13-8-10-4-5-11(12)15-10/h4-5,9,13-14H,3,6-8H2,1-2H3. The summed E-state index contributed by atoms with van der Waals surface area (Å²) in [4.78, 5) is 1.30. The molecule has 0 aliphatic carbocycles. The fourth-order valence-corrected chi connectivity index (χ4v) is 2.32. The van der Waals surface area contributed by atoms with Gasteiger partial charge in [-0.05, 0) is 31.6 Å². The zero-order valence-electron chi connectivity index (χ0n) is 9.35. The second kappa shape index (κ2) is 7.23. The lowest BCUT2D eigenvalue weighted by molar-refractivity contribution is 0.548. The maximum atomic E-state index is 5.84. The maximum Gasteiger partial charge on any atom is 0.0931 e. The van der Waals surface area contributed by atoms with E-state index >= 15 is 0 Å². The summed E-state index contributed by atoms with van der Waals surface area (Å²) in [6.45, 7) is 7.40. The number of hydrogen-bond acceptors (Lipinski definition) is 3. The lowest BCUT2D eigenvalue weighted by atomic mass is 10.3. The van der Waals surface area contributed by atoms with Crippen LogP contribution in [0.25, 0.3) is 0 Å². The van der Waals surface area contributed by atoms with Crippen molar-refractivity contribution in [2.24, 2.45) is 0 Å². The summed E-state index contributed by atoms with van der Waals surface area (Å²) in [6.07, 6.45) is 1.16. The Morgan fingerprint density at radius 3 is 2.73 bits per heavy atom. The Balaban J connectivity index is 1.98. The molecule has 4 heteroatoms. The molecular weight excluding hydrogens is 228 g/mol. The minimum absolute atomic E-state index is 0.584. The molecule has 0 saturated heterocycles. The van der Waals surface area contributed by atoms with Crippen molar-refractivity contribution in [1.29, 1.82) is 0 Å². The van der Waals surface area contributed by atoms with E-state index in [2.05, 4.69) is 30.5 Å². The molecule has 0 aliphatic rings. The van der Waals surface area contributed by atoms with Crippen LogP contribution in [0.3, 0.4) is 0 Å². The Hall–Kier alpha value is -0.0900. The minimum Gasteiger partial charge on any atom is -0.314 e. The Kier molecular flexibility index (Phi) is 6.25. The van der Waals surface area contributed by atoms with E-state index in [-0.39, 0.29) is 0 Å². The van der Waals surface area contributed by atoms with E-state index in [4.69, 9.17) is 11.6 Å². The highest BCUT2D eigenvalue weighted by Gasteiger charge is 1.97. The molecule has 0 aliphatic heterocycles. The Morgan fingerprint density at radius 1 is 1.33 bits per heavy atom. The monoisotopic (exact) mass is 246 g/mol. The normalized spacial score (nSPS) is 11.2. The highest BCUT2D eigenvalue weighted by atomic mass is 35.5. The third-order valence-electron chi connectivity index (χ3n) is 2.01. The number of nitrogens with one attached hydrogen (secondary N) is 2. The van der Waals surface area contributed by atoms with Crippen molar-refractivity contribution < 1.29 is 0 Å². The van der Waals surface area contributed by atoms with Gasteiger partial charge in [0, 0.05) is 17.5 Å². The molecule has 1 heterocycles.